The van der Waals surface area contributed by atoms with Crippen molar-refractivity contribution in [3.05, 3.63) is 59.7 Å². The highest BCUT2D eigenvalue weighted by molar-refractivity contribution is 6.21. The molecule has 1 aliphatic carbocycles. The van der Waals surface area contributed by atoms with Crippen molar-refractivity contribution in [1.82, 2.24) is 26.4 Å². The summed E-state index contributed by atoms with van der Waals surface area (Å²) >= 11 is 7.22. The monoisotopic (exact) mass is 636 g/mol. The number of halogens is 1. The maximum atomic E-state index is 13.3. The van der Waals surface area contributed by atoms with Gasteiger partial charge in [0.25, 0.3) is 5.91 Å². The Labute approximate surface area is 274 Å². The van der Waals surface area contributed by atoms with Crippen LogP contribution in [0.2, 0.25) is 0 Å². The highest BCUT2D eigenvalue weighted by Gasteiger charge is 2.51. The number of ether oxygens (including phenoxy) is 1. The number of fused-ring (bicyclic) bond motifs is 1. The molecule has 1 spiro atoms. The third-order valence-corrected chi connectivity index (χ3v) is 11.2. The molecule has 8 nitrogen and oxygen atoms in total. The smallest absolute Gasteiger partial charge is 0.251 e. The van der Waals surface area contributed by atoms with Gasteiger partial charge in [0.1, 0.15) is 5.75 Å². The van der Waals surface area contributed by atoms with Crippen molar-refractivity contribution < 1.29 is 9.53 Å². The van der Waals surface area contributed by atoms with E-state index in [1.807, 2.05) is 48.5 Å². The van der Waals surface area contributed by atoms with E-state index >= 15 is 0 Å². The number of likely N-dealkylation sites (N-methyl/N-ethyl adjacent to an activating group) is 1. The number of para-hydroxylation sites is 1. The van der Waals surface area contributed by atoms with Gasteiger partial charge in [-0.05, 0) is 49.6 Å². The zero-order valence-electron chi connectivity index (χ0n) is 27.0. The largest absolute Gasteiger partial charge is 0.493 e. The Kier molecular flexibility index (Phi) is 11.2. The number of anilines is 1. The molecule has 4 unspecified atom stereocenters. The van der Waals surface area contributed by atoms with E-state index in [0.717, 1.165) is 36.5 Å². The summed E-state index contributed by atoms with van der Waals surface area (Å²) in [6.07, 6.45) is 15.7. The summed E-state index contributed by atoms with van der Waals surface area (Å²) in [5.74, 6) is 1.14. The number of carbonyl (C=O) groups excluding carboxylic acids is 1. The van der Waals surface area contributed by atoms with Gasteiger partial charge in [-0.15, -0.1) is 11.6 Å². The van der Waals surface area contributed by atoms with Crippen LogP contribution in [0.25, 0.3) is 0 Å². The first-order chi connectivity index (χ1) is 22.0. The Morgan fingerprint density at radius 3 is 2.49 bits per heavy atom. The van der Waals surface area contributed by atoms with Crippen molar-refractivity contribution in [3.8, 4) is 5.75 Å². The highest BCUT2D eigenvalue weighted by atomic mass is 35.5. The Hall–Kier alpha value is -2.36. The molecule has 4 aliphatic rings. The normalized spacial score (nSPS) is 29.5. The average molecular weight is 637 g/mol. The molecule has 2 aromatic carbocycles. The number of nitrogens with zero attached hydrogens (tertiary/aromatic N) is 1. The van der Waals surface area contributed by atoms with Crippen molar-refractivity contribution in [1.29, 1.82) is 0 Å². The molecule has 3 heterocycles. The van der Waals surface area contributed by atoms with Crippen molar-refractivity contribution in [2.75, 3.05) is 38.6 Å². The van der Waals surface area contributed by atoms with Crippen LogP contribution in [0.1, 0.15) is 99.0 Å². The minimum absolute atomic E-state index is 0.0527. The lowest BCUT2D eigenvalue weighted by molar-refractivity contribution is 0.0165. The fraction of sp³-hybridized carbons (Fsp3) is 0.639. The van der Waals surface area contributed by atoms with Crippen molar-refractivity contribution in [2.24, 2.45) is 11.3 Å². The van der Waals surface area contributed by atoms with Crippen LogP contribution in [0.3, 0.4) is 0 Å². The van der Waals surface area contributed by atoms with Gasteiger partial charge in [-0.25, -0.2) is 10.9 Å². The second-order valence-corrected chi connectivity index (χ2v) is 14.4. The van der Waals surface area contributed by atoms with E-state index in [0.29, 0.717) is 24.6 Å². The van der Waals surface area contributed by atoms with Crippen LogP contribution in [-0.4, -0.2) is 61.8 Å². The molecular formula is C36H53ClN6O2. The number of amides is 1. The Morgan fingerprint density at radius 2 is 1.71 bits per heavy atom. The van der Waals surface area contributed by atoms with Crippen LogP contribution >= 0.6 is 11.6 Å². The van der Waals surface area contributed by atoms with E-state index in [1.165, 1.54) is 70.6 Å². The summed E-state index contributed by atoms with van der Waals surface area (Å²) in [7, 11) is 2.22. The number of piperidine rings is 1. The van der Waals surface area contributed by atoms with Crippen molar-refractivity contribution >= 4 is 23.2 Å². The summed E-state index contributed by atoms with van der Waals surface area (Å²) in [5.41, 5.74) is 10.1. The summed E-state index contributed by atoms with van der Waals surface area (Å²) in [5, 5.41) is 10.6. The van der Waals surface area contributed by atoms with Gasteiger partial charge in [0.05, 0.1) is 30.4 Å². The Bertz CT molecular complexity index is 1250. The van der Waals surface area contributed by atoms with Crippen molar-refractivity contribution in [2.45, 2.75) is 101 Å². The van der Waals surface area contributed by atoms with E-state index in [1.54, 1.807) is 0 Å². The molecule has 1 amide bonds. The number of benzene rings is 2. The van der Waals surface area contributed by atoms with Crippen LogP contribution in [0, 0.1) is 11.3 Å². The fourth-order valence-corrected chi connectivity index (χ4v) is 8.80. The zero-order valence-corrected chi connectivity index (χ0v) is 27.7. The van der Waals surface area contributed by atoms with Crippen LogP contribution in [0.15, 0.2) is 48.5 Å². The minimum Gasteiger partial charge on any atom is -0.493 e. The molecule has 5 N–H and O–H groups in total. The van der Waals surface area contributed by atoms with Gasteiger partial charge in [0.2, 0.25) is 0 Å². The van der Waals surface area contributed by atoms with E-state index in [4.69, 9.17) is 16.3 Å². The van der Waals surface area contributed by atoms with Gasteiger partial charge in [0, 0.05) is 48.8 Å². The number of nitrogens with one attached hydrogen (secondary N) is 5. The lowest BCUT2D eigenvalue weighted by atomic mass is 9.64. The first-order valence-corrected chi connectivity index (χ1v) is 17.9. The lowest BCUT2D eigenvalue weighted by Crippen LogP contribution is -2.61. The number of hydrogen-bond acceptors (Lipinski definition) is 7. The van der Waals surface area contributed by atoms with Crippen molar-refractivity contribution in [3.63, 3.8) is 0 Å². The third-order valence-electron chi connectivity index (χ3n) is 10.8. The first-order valence-electron chi connectivity index (χ1n) is 17.5. The topological polar surface area (TPSA) is 89.7 Å². The van der Waals surface area contributed by atoms with Crippen LogP contribution in [0.5, 0.6) is 5.75 Å². The third kappa shape index (κ3) is 7.79. The van der Waals surface area contributed by atoms with E-state index in [2.05, 4.69) is 38.7 Å². The molecule has 3 fully saturated rings. The minimum atomic E-state index is -0.0698. The van der Waals surface area contributed by atoms with Gasteiger partial charge in [0.15, 0.2) is 0 Å². The molecule has 1 saturated carbocycles. The van der Waals surface area contributed by atoms with E-state index < -0.39 is 0 Å². The summed E-state index contributed by atoms with van der Waals surface area (Å²) in [6.45, 7) is 3.22. The highest BCUT2D eigenvalue weighted by Crippen LogP contribution is 2.47. The summed E-state index contributed by atoms with van der Waals surface area (Å²) in [6, 6.07) is 15.7. The molecule has 5 atom stereocenters. The van der Waals surface area contributed by atoms with Gasteiger partial charge in [-0.2, -0.15) is 0 Å². The van der Waals surface area contributed by atoms with Gasteiger partial charge >= 0.3 is 0 Å². The molecule has 9 heteroatoms. The number of alkyl halides is 1. The van der Waals surface area contributed by atoms with Crippen LogP contribution < -0.4 is 31.5 Å². The first kappa shape index (κ1) is 32.6. The zero-order chi connectivity index (χ0) is 31.1. The van der Waals surface area contributed by atoms with Gasteiger partial charge in [-0.3, -0.25) is 9.69 Å². The molecule has 45 heavy (non-hydrogen) atoms. The van der Waals surface area contributed by atoms with E-state index in [-0.39, 0.29) is 35.1 Å². The fourth-order valence-electron chi connectivity index (χ4n) is 8.28. The second kappa shape index (κ2) is 15.5. The van der Waals surface area contributed by atoms with Gasteiger partial charge < -0.3 is 20.7 Å². The molecule has 3 aliphatic heterocycles. The Morgan fingerprint density at radius 1 is 0.978 bits per heavy atom. The number of hydrogen-bond donors (Lipinski definition) is 5. The number of carbonyl (C=O) groups is 1. The van der Waals surface area contributed by atoms with Crippen LogP contribution in [-0.2, 0) is 0 Å². The second-order valence-electron chi connectivity index (χ2n) is 13.8. The average Bonchev–Trinajstić information content (AvgIpc) is 3.41. The lowest BCUT2D eigenvalue weighted by Gasteiger charge is -2.51. The maximum Gasteiger partial charge on any atom is 0.251 e. The van der Waals surface area contributed by atoms with Crippen LogP contribution in [0.4, 0.5) is 5.69 Å². The van der Waals surface area contributed by atoms with E-state index in [9.17, 15) is 4.79 Å². The molecule has 0 aromatic heterocycles. The van der Waals surface area contributed by atoms with Gasteiger partial charge in [-0.1, -0.05) is 82.1 Å². The quantitative estimate of drug-likeness (QED) is 0.243. The SMILES string of the molecule is CN1C(CNc2cccc(C(=O)N[C@H]3CCOc4ccccc43)c2)NNC1C1C(Cl)CNCC12CCCCCCCCCCC2. The molecule has 6 rings (SSSR count). The number of hydrazine groups is 1. The molecule has 0 radical (unpaired) electrons. The Balaban J connectivity index is 1.08. The molecule has 2 saturated heterocycles. The predicted octanol–water partition coefficient (Wildman–Crippen LogP) is 6.16. The standard InChI is InChI=1S/C36H53ClN6O2/c1-43-32(24-39-27-15-13-14-26(22-27)35(44)40-30-18-21-45-31-17-10-9-16-28(30)31)41-42-34(43)33-29(37)23-38-25-36(33)19-11-7-5-3-2-4-6-8-12-20-36/h9-10,13-17,22,29-30,32-34,38-39,41-42H,2-8,11-12,18-21,23-25H2,1H3,(H,40,44)/t29?,30-,32?,33?,34?/m0/s1. The molecular weight excluding hydrogens is 584 g/mol. The summed E-state index contributed by atoms with van der Waals surface area (Å²) < 4.78 is 5.78. The molecule has 0 bridgehead atoms. The maximum absolute atomic E-state index is 13.3. The molecule has 246 valence electrons. The number of rotatable bonds is 6. The predicted molar refractivity (Wildman–Crippen MR) is 183 cm³/mol. The molecule has 2 aromatic rings. The summed E-state index contributed by atoms with van der Waals surface area (Å²) in [4.78, 5) is 15.7.